The van der Waals surface area contributed by atoms with E-state index in [0.29, 0.717) is 11.5 Å². The van der Waals surface area contributed by atoms with Crippen LogP contribution < -0.4 is 5.32 Å². The third kappa shape index (κ3) is 4.73. The fraction of sp³-hybridized carbons (Fsp3) is 1.00. The van der Waals surface area contributed by atoms with Crippen LogP contribution in [0, 0.1) is 11.3 Å². The van der Waals surface area contributed by atoms with Crippen molar-refractivity contribution in [1.29, 1.82) is 0 Å². The summed E-state index contributed by atoms with van der Waals surface area (Å²) in [7, 11) is 2.11. The molecule has 2 nitrogen and oxygen atoms in total. The number of hydrogen-bond donors (Lipinski definition) is 1. The first-order chi connectivity index (χ1) is 9.39. The molecule has 1 aliphatic rings. The van der Waals surface area contributed by atoms with Gasteiger partial charge in [-0.15, -0.1) is 0 Å². The van der Waals surface area contributed by atoms with Crippen molar-refractivity contribution >= 4 is 0 Å². The Hall–Kier alpha value is -0.0800. The van der Waals surface area contributed by atoms with Crippen LogP contribution in [0.25, 0.3) is 0 Å². The summed E-state index contributed by atoms with van der Waals surface area (Å²) in [5.41, 5.74) is 0.564. The first-order valence-electron chi connectivity index (χ1n) is 8.70. The van der Waals surface area contributed by atoms with Crippen LogP contribution in [0.2, 0.25) is 0 Å². The van der Waals surface area contributed by atoms with Gasteiger partial charge >= 0.3 is 0 Å². The maximum atomic E-state index is 6.33. The highest BCUT2D eigenvalue weighted by Crippen LogP contribution is 2.44. The lowest BCUT2D eigenvalue weighted by Crippen LogP contribution is -2.55. The van der Waals surface area contributed by atoms with Crippen LogP contribution in [0.15, 0.2) is 0 Å². The van der Waals surface area contributed by atoms with E-state index in [0.717, 1.165) is 12.5 Å². The van der Waals surface area contributed by atoms with Gasteiger partial charge in [-0.05, 0) is 57.4 Å². The molecular weight excluding hydrogens is 246 g/mol. The zero-order valence-electron chi connectivity index (χ0n) is 14.7. The normalized spacial score (nSPS) is 24.3. The molecule has 120 valence electrons. The van der Waals surface area contributed by atoms with E-state index >= 15 is 0 Å². The summed E-state index contributed by atoms with van der Waals surface area (Å²) < 4.78 is 6.33. The molecule has 1 saturated carbocycles. The summed E-state index contributed by atoms with van der Waals surface area (Å²) in [4.78, 5) is 0. The molecule has 0 bridgehead atoms. The lowest BCUT2D eigenvalue weighted by Gasteiger charge is -2.48. The number of rotatable bonds is 8. The van der Waals surface area contributed by atoms with Gasteiger partial charge in [0, 0.05) is 12.6 Å². The summed E-state index contributed by atoms with van der Waals surface area (Å²) in [5, 5.41) is 3.59. The van der Waals surface area contributed by atoms with Crippen molar-refractivity contribution in [2.75, 3.05) is 13.7 Å². The molecule has 1 fully saturated rings. The molecule has 0 aromatic heterocycles. The molecule has 0 aromatic carbocycles. The second-order valence-electron chi connectivity index (χ2n) is 7.63. The van der Waals surface area contributed by atoms with Crippen molar-refractivity contribution in [3.63, 3.8) is 0 Å². The second kappa shape index (κ2) is 7.79. The first kappa shape index (κ1) is 18.0. The van der Waals surface area contributed by atoms with E-state index in [-0.39, 0.29) is 5.60 Å². The molecule has 20 heavy (non-hydrogen) atoms. The average molecular weight is 284 g/mol. The molecule has 1 aliphatic carbocycles. The lowest BCUT2D eigenvalue weighted by molar-refractivity contribution is -0.109. The molecule has 1 N–H and O–H groups in total. The van der Waals surface area contributed by atoms with Gasteiger partial charge in [-0.1, -0.05) is 40.5 Å². The van der Waals surface area contributed by atoms with Crippen LogP contribution in [0.4, 0.5) is 0 Å². The molecule has 2 atom stereocenters. The van der Waals surface area contributed by atoms with Crippen molar-refractivity contribution in [1.82, 2.24) is 5.32 Å². The van der Waals surface area contributed by atoms with Crippen molar-refractivity contribution in [2.45, 2.75) is 91.2 Å². The van der Waals surface area contributed by atoms with Crippen LogP contribution in [0.3, 0.4) is 0 Å². The topological polar surface area (TPSA) is 21.3 Å². The SMILES string of the molecule is CCCC(C)CC(NC)C1(OCC)CCC(C)(C)CC1. The van der Waals surface area contributed by atoms with Gasteiger partial charge in [0.15, 0.2) is 0 Å². The van der Waals surface area contributed by atoms with E-state index in [9.17, 15) is 0 Å². The Labute approximate surface area is 127 Å². The van der Waals surface area contributed by atoms with Crippen LogP contribution in [-0.4, -0.2) is 25.3 Å². The maximum Gasteiger partial charge on any atom is 0.0834 e. The third-order valence-corrected chi connectivity index (χ3v) is 5.28. The number of ether oxygens (including phenoxy) is 1. The molecule has 0 spiro atoms. The summed E-state index contributed by atoms with van der Waals surface area (Å²) in [6.45, 7) is 12.4. The van der Waals surface area contributed by atoms with Crippen LogP contribution in [-0.2, 0) is 4.74 Å². The second-order valence-corrected chi connectivity index (χ2v) is 7.63. The van der Waals surface area contributed by atoms with Crippen molar-refractivity contribution in [3.05, 3.63) is 0 Å². The minimum atomic E-state index is 0.0705. The highest BCUT2D eigenvalue weighted by molar-refractivity contribution is 4.99. The van der Waals surface area contributed by atoms with E-state index in [1.165, 1.54) is 44.9 Å². The fourth-order valence-electron chi connectivity index (χ4n) is 3.84. The number of likely N-dealkylation sites (N-methyl/N-ethyl adjacent to an activating group) is 1. The predicted molar refractivity (Wildman–Crippen MR) is 88.1 cm³/mol. The van der Waals surface area contributed by atoms with Gasteiger partial charge in [-0.25, -0.2) is 0 Å². The predicted octanol–water partition coefficient (Wildman–Crippen LogP) is 4.78. The van der Waals surface area contributed by atoms with E-state index in [1.54, 1.807) is 0 Å². The molecule has 0 saturated heterocycles. The van der Waals surface area contributed by atoms with Crippen LogP contribution >= 0.6 is 0 Å². The van der Waals surface area contributed by atoms with Gasteiger partial charge in [-0.2, -0.15) is 0 Å². The van der Waals surface area contributed by atoms with Gasteiger partial charge in [0.2, 0.25) is 0 Å². The maximum absolute atomic E-state index is 6.33. The fourth-order valence-corrected chi connectivity index (χ4v) is 3.84. The Bertz CT molecular complexity index is 265. The highest BCUT2D eigenvalue weighted by Gasteiger charge is 2.44. The smallest absolute Gasteiger partial charge is 0.0834 e. The average Bonchev–Trinajstić information content (AvgIpc) is 2.39. The largest absolute Gasteiger partial charge is 0.374 e. The Morgan fingerprint density at radius 1 is 1.10 bits per heavy atom. The van der Waals surface area contributed by atoms with E-state index in [1.807, 2.05) is 0 Å². The molecule has 0 amide bonds. The monoisotopic (exact) mass is 283 g/mol. The summed E-state index contributed by atoms with van der Waals surface area (Å²) in [6, 6.07) is 0.500. The Kier molecular flexibility index (Phi) is 7.00. The zero-order valence-corrected chi connectivity index (χ0v) is 14.7. The summed E-state index contributed by atoms with van der Waals surface area (Å²) in [5.74, 6) is 0.782. The Balaban J connectivity index is 2.76. The highest BCUT2D eigenvalue weighted by atomic mass is 16.5. The van der Waals surface area contributed by atoms with Gasteiger partial charge < -0.3 is 10.1 Å². The van der Waals surface area contributed by atoms with Crippen LogP contribution in [0.5, 0.6) is 0 Å². The number of nitrogens with one attached hydrogen (secondary N) is 1. The molecule has 2 heteroatoms. The van der Waals surface area contributed by atoms with E-state index in [4.69, 9.17) is 4.74 Å². The van der Waals surface area contributed by atoms with E-state index in [2.05, 4.69) is 47.0 Å². The standard InChI is InChI=1S/C18H37NO/c1-7-9-15(3)14-16(19-6)18(20-8-2)12-10-17(4,5)11-13-18/h15-16,19H,7-14H2,1-6H3. The van der Waals surface area contributed by atoms with Gasteiger partial charge in [0.25, 0.3) is 0 Å². The minimum Gasteiger partial charge on any atom is -0.374 e. The van der Waals surface area contributed by atoms with Gasteiger partial charge in [0.05, 0.1) is 5.60 Å². The molecule has 0 aliphatic heterocycles. The Morgan fingerprint density at radius 3 is 2.15 bits per heavy atom. The zero-order chi connectivity index (χ0) is 15.2. The molecule has 0 aromatic rings. The first-order valence-corrected chi connectivity index (χ1v) is 8.70. The molecule has 0 radical (unpaired) electrons. The third-order valence-electron chi connectivity index (χ3n) is 5.28. The molecule has 1 rings (SSSR count). The molecule has 2 unspecified atom stereocenters. The van der Waals surface area contributed by atoms with Gasteiger partial charge in [-0.3, -0.25) is 0 Å². The lowest BCUT2D eigenvalue weighted by atomic mass is 9.67. The van der Waals surface area contributed by atoms with Gasteiger partial charge in [0.1, 0.15) is 0 Å². The van der Waals surface area contributed by atoms with Crippen molar-refractivity contribution in [3.8, 4) is 0 Å². The summed E-state index contributed by atoms with van der Waals surface area (Å²) in [6.07, 6.45) is 8.83. The summed E-state index contributed by atoms with van der Waals surface area (Å²) >= 11 is 0. The van der Waals surface area contributed by atoms with E-state index < -0.39 is 0 Å². The van der Waals surface area contributed by atoms with Crippen molar-refractivity contribution < 1.29 is 4.74 Å². The van der Waals surface area contributed by atoms with Crippen molar-refractivity contribution in [2.24, 2.45) is 11.3 Å². The van der Waals surface area contributed by atoms with Crippen LogP contribution in [0.1, 0.15) is 79.6 Å². The number of hydrogen-bond acceptors (Lipinski definition) is 2. The molecular formula is C18H37NO. The quantitative estimate of drug-likeness (QED) is 0.692. The minimum absolute atomic E-state index is 0.0705. The Morgan fingerprint density at radius 2 is 1.70 bits per heavy atom. The molecule has 0 heterocycles.